The van der Waals surface area contributed by atoms with Crippen LogP contribution < -0.4 is 22.1 Å². The summed E-state index contributed by atoms with van der Waals surface area (Å²) in [5.41, 5.74) is 11.4. The molecule has 0 spiro atoms. The number of methoxy groups -OCH3 is 1. The number of nitrogens with two attached hydrogens (primary N) is 2. The number of carboxylic acid groups (broad SMARTS) is 3. The van der Waals surface area contributed by atoms with E-state index in [9.17, 15) is 53.9 Å². The number of H-pyrrole nitrogens is 1. The molecule has 0 bridgehead atoms. The molecule has 25 heteroatoms. The van der Waals surface area contributed by atoms with Crippen molar-refractivity contribution in [2.24, 2.45) is 11.5 Å². The first-order chi connectivity index (χ1) is 20.8. The van der Waals surface area contributed by atoms with Gasteiger partial charge < -0.3 is 47.1 Å². The highest BCUT2D eigenvalue weighted by Gasteiger charge is 2.39. The third kappa shape index (κ3) is 23.7. The maximum atomic E-state index is 12.6. The molecule has 0 aromatic carbocycles. The molecule has 0 aliphatic heterocycles. The number of carbonyl (C=O) groups excluding carboxylic acids is 3. The first-order valence-electron chi connectivity index (χ1n) is 11.8. The summed E-state index contributed by atoms with van der Waals surface area (Å²) in [5.74, 6) is -9.79. The number of nitrogens with one attached hydrogen (secondary N) is 3. The van der Waals surface area contributed by atoms with Gasteiger partial charge in [-0.3, -0.25) is 9.59 Å². The number of nitrogens with zero attached hydrogens (tertiary/aromatic N) is 1. The van der Waals surface area contributed by atoms with E-state index in [1.54, 1.807) is 6.20 Å². The van der Waals surface area contributed by atoms with Crippen LogP contribution in [0.5, 0.6) is 0 Å². The predicted molar refractivity (Wildman–Crippen MR) is 131 cm³/mol. The number of alkyl halides is 9. The Balaban J connectivity index is -0.000000710. The van der Waals surface area contributed by atoms with Crippen molar-refractivity contribution in [2.75, 3.05) is 20.2 Å². The van der Waals surface area contributed by atoms with Crippen LogP contribution in [0.1, 0.15) is 25.0 Å². The Morgan fingerprint density at radius 3 is 1.57 bits per heavy atom. The number of carbonyl (C=O) groups is 6. The molecule has 1 rings (SSSR count). The van der Waals surface area contributed by atoms with Crippen molar-refractivity contribution < 1.29 is 88.3 Å². The van der Waals surface area contributed by atoms with E-state index in [4.69, 9.17) is 45.9 Å². The molecule has 1 aromatic heterocycles. The molecule has 0 saturated carbocycles. The molecular formula is C21H29F9N6O10. The van der Waals surface area contributed by atoms with Crippen LogP contribution in [0.25, 0.3) is 0 Å². The van der Waals surface area contributed by atoms with Crippen molar-refractivity contribution in [1.82, 2.24) is 20.6 Å². The number of halogens is 9. The molecule has 1 heterocycles. The molecule has 10 N–H and O–H groups in total. The van der Waals surface area contributed by atoms with Gasteiger partial charge in [-0.1, -0.05) is 0 Å². The number of ether oxygens (including phenoxy) is 1. The van der Waals surface area contributed by atoms with Crippen LogP contribution in [-0.4, -0.2) is 112 Å². The van der Waals surface area contributed by atoms with Gasteiger partial charge in [-0.2, -0.15) is 39.5 Å². The van der Waals surface area contributed by atoms with E-state index in [0.717, 1.165) is 6.42 Å². The van der Waals surface area contributed by atoms with E-state index in [2.05, 4.69) is 20.6 Å². The minimum Gasteiger partial charge on any atom is -0.475 e. The van der Waals surface area contributed by atoms with Gasteiger partial charge in [0.15, 0.2) is 0 Å². The summed E-state index contributed by atoms with van der Waals surface area (Å²) in [5, 5.41) is 26.5. The van der Waals surface area contributed by atoms with Gasteiger partial charge >= 0.3 is 42.4 Å². The van der Waals surface area contributed by atoms with Crippen molar-refractivity contribution in [3.8, 4) is 0 Å². The van der Waals surface area contributed by atoms with Gasteiger partial charge in [-0.15, -0.1) is 0 Å². The van der Waals surface area contributed by atoms with Gasteiger partial charge in [-0.25, -0.2) is 24.2 Å². The quantitative estimate of drug-likeness (QED) is 0.0866. The van der Waals surface area contributed by atoms with Crippen LogP contribution in [0.4, 0.5) is 39.5 Å². The van der Waals surface area contributed by atoms with E-state index < -0.39 is 66.3 Å². The highest BCUT2D eigenvalue weighted by Crippen LogP contribution is 2.14. The number of esters is 1. The van der Waals surface area contributed by atoms with Crippen LogP contribution in [-0.2, 0) is 39.9 Å². The lowest BCUT2D eigenvalue weighted by Crippen LogP contribution is -2.53. The fourth-order valence-electron chi connectivity index (χ4n) is 2.24. The maximum Gasteiger partial charge on any atom is 0.490 e. The second-order valence-electron chi connectivity index (χ2n) is 7.88. The lowest BCUT2D eigenvalue weighted by atomic mass is 10.1. The van der Waals surface area contributed by atoms with Gasteiger partial charge in [0.25, 0.3) is 0 Å². The number of aromatic amines is 1. The van der Waals surface area contributed by atoms with Crippen LogP contribution in [0.15, 0.2) is 12.5 Å². The molecule has 0 unspecified atom stereocenters. The van der Waals surface area contributed by atoms with Crippen LogP contribution in [0.3, 0.4) is 0 Å². The number of aliphatic carboxylic acids is 3. The Morgan fingerprint density at radius 1 is 0.826 bits per heavy atom. The number of unbranched alkanes of at least 4 members (excludes halogenated alkanes) is 1. The van der Waals surface area contributed by atoms with Gasteiger partial charge in [-0.05, 0) is 25.8 Å². The number of aromatic nitrogens is 2. The fourth-order valence-corrected chi connectivity index (χ4v) is 2.24. The zero-order valence-electron chi connectivity index (χ0n) is 23.3. The number of amides is 2. The summed E-state index contributed by atoms with van der Waals surface area (Å²) in [6, 6.07) is -1.69. The van der Waals surface area contributed by atoms with Crippen molar-refractivity contribution in [2.45, 2.75) is 56.3 Å². The second kappa shape index (κ2) is 21.9. The number of hydrogen-bond acceptors (Lipinski definition) is 10. The lowest BCUT2D eigenvalue weighted by molar-refractivity contribution is -0.193. The summed E-state index contributed by atoms with van der Waals surface area (Å²) in [4.78, 5) is 69.4. The standard InChI is InChI=1S/C15H26N6O4.3C2HF3O2/c1-25-15(24)11(4-2-3-5-16)21-14(23)12(20-13(22)7-17)6-10-8-18-9-19-10;3*3-2(4,5)1(6)7/h8-9,11-12H,2-7,16-17H2,1H3,(H,18,19)(H,20,22)(H,21,23);3*(H,6,7)/t11-,12-;;;/m0.../s1. The normalized spacial score (nSPS) is 12.2. The lowest BCUT2D eigenvalue weighted by Gasteiger charge is -2.22. The first kappa shape index (κ1) is 45.7. The van der Waals surface area contributed by atoms with E-state index in [-0.39, 0.29) is 13.0 Å². The molecule has 1 aromatic rings. The van der Waals surface area contributed by atoms with Gasteiger partial charge in [0.05, 0.1) is 20.0 Å². The van der Waals surface area contributed by atoms with Gasteiger partial charge in [0, 0.05) is 18.3 Å². The van der Waals surface area contributed by atoms with Crippen molar-refractivity contribution in [1.29, 1.82) is 0 Å². The minimum atomic E-state index is -5.08. The van der Waals surface area contributed by atoms with Crippen LogP contribution in [0, 0.1) is 0 Å². The summed E-state index contributed by atoms with van der Waals surface area (Å²) in [6.07, 6.45) is -10.2. The predicted octanol–water partition coefficient (Wildman–Crippen LogP) is 0.0824. The number of rotatable bonds is 11. The second-order valence-corrected chi connectivity index (χ2v) is 7.88. The smallest absolute Gasteiger partial charge is 0.475 e. The Hall–Kier alpha value is -4.68. The molecule has 46 heavy (non-hydrogen) atoms. The van der Waals surface area contributed by atoms with E-state index in [0.29, 0.717) is 25.1 Å². The number of imidazole rings is 1. The molecule has 0 aliphatic carbocycles. The molecule has 0 saturated heterocycles. The largest absolute Gasteiger partial charge is 0.490 e. The Morgan fingerprint density at radius 2 is 1.26 bits per heavy atom. The van der Waals surface area contributed by atoms with Crippen molar-refractivity contribution in [3.63, 3.8) is 0 Å². The molecular weight excluding hydrogens is 667 g/mol. The average Bonchev–Trinajstić information content (AvgIpc) is 3.44. The summed E-state index contributed by atoms with van der Waals surface area (Å²) in [6.45, 7) is 0.251. The molecule has 2 amide bonds. The Kier molecular flexibility index (Phi) is 21.8. The van der Waals surface area contributed by atoms with Gasteiger partial charge in [0.2, 0.25) is 11.8 Å². The van der Waals surface area contributed by atoms with Gasteiger partial charge in [0.1, 0.15) is 12.1 Å². The highest BCUT2D eigenvalue weighted by molar-refractivity contribution is 5.91. The monoisotopic (exact) mass is 696 g/mol. The maximum absolute atomic E-state index is 12.6. The summed E-state index contributed by atoms with van der Waals surface area (Å²) < 4.78 is 99.9. The topological polar surface area (TPSA) is 277 Å². The minimum absolute atomic E-state index is 0.189. The summed E-state index contributed by atoms with van der Waals surface area (Å²) >= 11 is 0. The Labute approximate surface area is 251 Å². The Bertz CT molecular complexity index is 1040. The van der Waals surface area contributed by atoms with E-state index in [1.807, 2.05) is 0 Å². The number of carboxylic acids is 3. The van der Waals surface area contributed by atoms with Crippen LogP contribution >= 0.6 is 0 Å². The first-order valence-corrected chi connectivity index (χ1v) is 11.8. The third-order valence-electron chi connectivity index (χ3n) is 4.29. The van der Waals surface area contributed by atoms with Crippen LogP contribution in [0.2, 0.25) is 0 Å². The van der Waals surface area contributed by atoms with Crippen molar-refractivity contribution >= 4 is 35.7 Å². The molecule has 0 aliphatic rings. The third-order valence-corrected chi connectivity index (χ3v) is 4.29. The average molecular weight is 696 g/mol. The molecule has 266 valence electrons. The zero-order valence-corrected chi connectivity index (χ0v) is 23.3. The molecule has 0 fully saturated rings. The zero-order chi connectivity index (χ0) is 36.9. The molecule has 0 radical (unpaired) electrons. The molecule has 2 atom stereocenters. The number of hydrogen-bond donors (Lipinski definition) is 8. The van der Waals surface area contributed by atoms with E-state index in [1.165, 1.54) is 13.4 Å². The van der Waals surface area contributed by atoms with Crippen molar-refractivity contribution in [3.05, 3.63) is 18.2 Å². The van der Waals surface area contributed by atoms with E-state index >= 15 is 0 Å². The fraction of sp³-hybridized carbons (Fsp3) is 0.571. The molecule has 16 nitrogen and oxygen atoms in total. The summed E-state index contributed by atoms with van der Waals surface area (Å²) in [7, 11) is 1.25. The highest BCUT2D eigenvalue weighted by atomic mass is 19.4. The SMILES string of the molecule is COC(=O)[C@H](CCCCN)NC(=O)[C@H](Cc1cnc[nH]1)NC(=O)CN.O=C(O)C(F)(F)F.O=C(O)C(F)(F)F.O=C(O)C(F)(F)F.